The van der Waals surface area contributed by atoms with Gasteiger partial charge in [0.25, 0.3) is 0 Å². The van der Waals surface area contributed by atoms with Gasteiger partial charge in [-0.05, 0) is 32.4 Å². The second-order valence-corrected chi connectivity index (χ2v) is 4.97. The summed E-state index contributed by atoms with van der Waals surface area (Å²) in [5.41, 5.74) is 2.03. The zero-order chi connectivity index (χ0) is 12.8. The van der Waals surface area contributed by atoms with Crippen LogP contribution in [0.25, 0.3) is 0 Å². The minimum atomic E-state index is 0.154. The molecule has 0 aliphatic carbocycles. The van der Waals surface area contributed by atoms with E-state index in [0.29, 0.717) is 10.0 Å². The van der Waals surface area contributed by atoms with Gasteiger partial charge in [-0.2, -0.15) is 0 Å². The topological polar surface area (TPSA) is 24.9 Å². The van der Waals surface area contributed by atoms with Gasteiger partial charge in [0, 0.05) is 6.20 Å². The average molecular weight is 273 g/mol. The Labute approximate surface area is 113 Å². The molecule has 0 amide bonds. The van der Waals surface area contributed by atoms with Crippen LogP contribution in [0.1, 0.15) is 38.4 Å². The van der Waals surface area contributed by atoms with Crippen molar-refractivity contribution in [2.75, 3.05) is 6.54 Å². The molecule has 0 saturated carbocycles. The Morgan fingerprint density at radius 1 is 1.53 bits per heavy atom. The highest BCUT2D eigenvalue weighted by Crippen LogP contribution is 2.27. The van der Waals surface area contributed by atoms with Gasteiger partial charge in [0.1, 0.15) is 0 Å². The maximum atomic E-state index is 6.17. The van der Waals surface area contributed by atoms with Gasteiger partial charge in [0.15, 0.2) is 0 Å². The van der Waals surface area contributed by atoms with Gasteiger partial charge in [-0.3, -0.25) is 4.98 Å². The monoisotopic (exact) mass is 272 g/mol. The molecule has 4 heteroatoms. The van der Waals surface area contributed by atoms with Crippen molar-refractivity contribution in [3.05, 3.63) is 40.2 Å². The molecular formula is C13H18Cl2N2. The van der Waals surface area contributed by atoms with Crippen molar-refractivity contribution in [1.82, 2.24) is 10.3 Å². The predicted molar refractivity (Wildman–Crippen MR) is 74.7 cm³/mol. The van der Waals surface area contributed by atoms with Crippen molar-refractivity contribution < 1.29 is 0 Å². The number of pyridine rings is 1. The first kappa shape index (κ1) is 14.5. The summed E-state index contributed by atoms with van der Waals surface area (Å²) in [5.74, 6) is 0. The minimum absolute atomic E-state index is 0.154. The quantitative estimate of drug-likeness (QED) is 0.777. The Balaban J connectivity index is 2.84. The lowest BCUT2D eigenvalue weighted by Crippen LogP contribution is -2.22. The number of hydrogen-bond donors (Lipinski definition) is 1. The molecule has 0 spiro atoms. The number of allylic oxidation sites excluding steroid dienone is 1. The molecule has 1 unspecified atom stereocenters. The molecule has 17 heavy (non-hydrogen) atoms. The van der Waals surface area contributed by atoms with E-state index in [1.807, 2.05) is 6.92 Å². The number of rotatable bonds is 6. The van der Waals surface area contributed by atoms with Gasteiger partial charge >= 0.3 is 0 Å². The van der Waals surface area contributed by atoms with Gasteiger partial charge in [0.05, 0.1) is 21.8 Å². The van der Waals surface area contributed by atoms with Crippen LogP contribution in [0.2, 0.25) is 10.0 Å². The summed E-state index contributed by atoms with van der Waals surface area (Å²) in [6, 6.07) is 1.89. The van der Waals surface area contributed by atoms with Crippen molar-refractivity contribution >= 4 is 23.2 Å². The van der Waals surface area contributed by atoms with E-state index in [1.54, 1.807) is 12.3 Å². The van der Waals surface area contributed by atoms with Crippen LogP contribution < -0.4 is 5.32 Å². The molecule has 0 aliphatic heterocycles. The summed E-state index contributed by atoms with van der Waals surface area (Å²) in [7, 11) is 0. The Morgan fingerprint density at radius 2 is 2.24 bits per heavy atom. The minimum Gasteiger partial charge on any atom is -0.309 e. The zero-order valence-electron chi connectivity index (χ0n) is 10.3. The summed E-state index contributed by atoms with van der Waals surface area (Å²) in [6.45, 7) is 8.89. The summed E-state index contributed by atoms with van der Waals surface area (Å²) in [5, 5.41) is 4.56. The van der Waals surface area contributed by atoms with E-state index in [-0.39, 0.29) is 6.04 Å². The third kappa shape index (κ3) is 4.66. The Kier molecular flexibility index (Phi) is 5.96. The number of aromatic nitrogens is 1. The third-order valence-corrected chi connectivity index (χ3v) is 2.99. The first-order valence-electron chi connectivity index (χ1n) is 5.73. The summed E-state index contributed by atoms with van der Waals surface area (Å²) in [6.07, 6.45) is 3.53. The number of nitrogens with one attached hydrogen (secondary N) is 1. The molecule has 0 radical (unpaired) electrons. The Hall–Kier alpha value is -0.570. The van der Waals surface area contributed by atoms with Crippen molar-refractivity contribution in [3.63, 3.8) is 0 Å². The van der Waals surface area contributed by atoms with E-state index >= 15 is 0 Å². The highest BCUT2D eigenvalue weighted by atomic mass is 35.5. The second kappa shape index (κ2) is 7.00. The zero-order valence-corrected chi connectivity index (χ0v) is 11.8. The number of halogens is 2. The van der Waals surface area contributed by atoms with Crippen LogP contribution >= 0.6 is 23.2 Å². The molecule has 0 aliphatic rings. The van der Waals surface area contributed by atoms with E-state index in [4.69, 9.17) is 23.2 Å². The highest BCUT2D eigenvalue weighted by molar-refractivity contribution is 6.34. The fraction of sp³-hybridized carbons (Fsp3) is 0.462. The van der Waals surface area contributed by atoms with Gasteiger partial charge in [0.2, 0.25) is 0 Å². The Morgan fingerprint density at radius 3 is 2.76 bits per heavy atom. The van der Waals surface area contributed by atoms with Crippen molar-refractivity contribution in [3.8, 4) is 0 Å². The van der Waals surface area contributed by atoms with Crippen molar-refractivity contribution in [2.45, 2.75) is 32.7 Å². The molecule has 1 aromatic rings. The fourth-order valence-electron chi connectivity index (χ4n) is 1.65. The molecule has 94 valence electrons. The van der Waals surface area contributed by atoms with Crippen molar-refractivity contribution in [2.24, 2.45) is 0 Å². The molecule has 1 heterocycles. The summed E-state index contributed by atoms with van der Waals surface area (Å²) < 4.78 is 0. The second-order valence-electron chi connectivity index (χ2n) is 4.13. The number of nitrogens with zero attached hydrogens (tertiary/aromatic N) is 1. The Bertz CT molecular complexity index is 391. The van der Waals surface area contributed by atoms with E-state index in [0.717, 1.165) is 30.7 Å². The maximum absolute atomic E-state index is 6.17. The SMILES string of the molecule is C=C(C)CCC(NCC)c1ncc(Cl)cc1Cl. The van der Waals surface area contributed by atoms with Crippen LogP contribution in [0.5, 0.6) is 0 Å². The molecule has 1 aromatic heterocycles. The molecule has 1 N–H and O–H groups in total. The van der Waals surface area contributed by atoms with Crippen LogP contribution in [-0.4, -0.2) is 11.5 Å². The van der Waals surface area contributed by atoms with E-state index < -0.39 is 0 Å². The summed E-state index contributed by atoms with van der Waals surface area (Å²) in [4.78, 5) is 4.32. The van der Waals surface area contributed by atoms with Gasteiger partial charge < -0.3 is 5.32 Å². The molecule has 1 rings (SSSR count). The van der Waals surface area contributed by atoms with Crippen LogP contribution in [0.15, 0.2) is 24.4 Å². The average Bonchev–Trinajstić information content (AvgIpc) is 2.24. The molecule has 0 bridgehead atoms. The van der Waals surface area contributed by atoms with Crippen LogP contribution in [0.3, 0.4) is 0 Å². The number of hydrogen-bond acceptors (Lipinski definition) is 2. The lowest BCUT2D eigenvalue weighted by molar-refractivity contribution is 0.503. The van der Waals surface area contributed by atoms with Crippen molar-refractivity contribution in [1.29, 1.82) is 0 Å². The largest absolute Gasteiger partial charge is 0.309 e. The van der Waals surface area contributed by atoms with Gasteiger partial charge in [-0.25, -0.2) is 0 Å². The molecule has 0 fully saturated rings. The third-order valence-electron chi connectivity index (χ3n) is 2.48. The van der Waals surface area contributed by atoms with Gasteiger partial charge in [-0.1, -0.05) is 35.7 Å². The molecule has 2 nitrogen and oxygen atoms in total. The summed E-state index contributed by atoms with van der Waals surface area (Å²) >= 11 is 12.0. The van der Waals surface area contributed by atoms with Crippen LogP contribution in [-0.2, 0) is 0 Å². The van der Waals surface area contributed by atoms with E-state index in [9.17, 15) is 0 Å². The van der Waals surface area contributed by atoms with Crippen LogP contribution in [0.4, 0.5) is 0 Å². The van der Waals surface area contributed by atoms with Gasteiger partial charge in [-0.15, -0.1) is 6.58 Å². The standard InChI is InChI=1S/C13H18Cl2N2/c1-4-16-12(6-5-9(2)3)13-11(15)7-10(14)8-17-13/h7-8,12,16H,2,4-6H2,1,3H3. The first-order valence-corrected chi connectivity index (χ1v) is 6.49. The van der Waals surface area contributed by atoms with E-state index in [2.05, 4.69) is 23.8 Å². The molecule has 0 saturated heterocycles. The molecule has 0 aromatic carbocycles. The van der Waals surface area contributed by atoms with E-state index in [1.165, 1.54) is 0 Å². The highest BCUT2D eigenvalue weighted by Gasteiger charge is 2.15. The predicted octanol–water partition coefficient (Wildman–Crippen LogP) is 4.40. The lowest BCUT2D eigenvalue weighted by Gasteiger charge is -2.18. The molecular weight excluding hydrogens is 255 g/mol. The van der Waals surface area contributed by atoms with Crippen LogP contribution in [0, 0.1) is 0 Å². The smallest absolute Gasteiger partial charge is 0.0760 e. The fourth-order valence-corrected chi connectivity index (χ4v) is 2.17. The normalized spacial score (nSPS) is 12.5. The first-order chi connectivity index (χ1) is 8.04. The maximum Gasteiger partial charge on any atom is 0.0760 e. The molecule has 1 atom stereocenters. The lowest BCUT2D eigenvalue weighted by atomic mass is 10.0.